The van der Waals surface area contributed by atoms with Gasteiger partial charge in [0.05, 0.1) is 0 Å². The maximum Gasteiger partial charge on any atom is 0.250 e. The minimum atomic E-state index is -0.114. The smallest absolute Gasteiger partial charge is 0.250 e. The van der Waals surface area contributed by atoms with E-state index in [-0.39, 0.29) is 12.5 Å². The van der Waals surface area contributed by atoms with Gasteiger partial charge >= 0.3 is 0 Å². The maximum atomic E-state index is 11.3. The highest BCUT2D eigenvalue weighted by Gasteiger charge is 2.02. The number of hydrogen-bond donors (Lipinski definition) is 1. The summed E-state index contributed by atoms with van der Waals surface area (Å²) in [6.45, 7) is 4.56. The summed E-state index contributed by atoms with van der Waals surface area (Å²) in [5.74, 6) is -0.114. The normalized spacial score (nSPS) is 10.1. The molecule has 3 nitrogen and oxygen atoms in total. The number of rotatable bonds is 4. The molecule has 1 amide bonds. The number of nitrogens with one attached hydrogen (secondary N) is 1. The third-order valence-electron chi connectivity index (χ3n) is 1.89. The van der Waals surface area contributed by atoms with Crippen molar-refractivity contribution in [3.8, 4) is 0 Å². The monoisotopic (exact) mass is 319 g/mol. The predicted molar refractivity (Wildman–Crippen MR) is 69.0 cm³/mol. The first-order valence-corrected chi connectivity index (χ1v) is 5.85. The number of halogens is 1. The maximum absolute atomic E-state index is 11.3. The van der Waals surface area contributed by atoms with Gasteiger partial charge in [0.25, 0.3) is 0 Å². The number of carbonyl (C=O) groups excluding carboxylic acids is 1. The van der Waals surface area contributed by atoms with Gasteiger partial charge in [0.2, 0.25) is 5.91 Å². The molecule has 0 aliphatic rings. The SMILES string of the molecule is CCOCC(=O)Nc1ccc(C)c(I)c1. The Morgan fingerprint density at radius 2 is 2.27 bits per heavy atom. The first-order valence-electron chi connectivity index (χ1n) is 4.77. The number of aryl methyl sites for hydroxylation is 1. The van der Waals surface area contributed by atoms with E-state index in [9.17, 15) is 4.79 Å². The lowest BCUT2D eigenvalue weighted by Crippen LogP contribution is -2.18. The Morgan fingerprint density at radius 1 is 1.53 bits per heavy atom. The number of carbonyl (C=O) groups is 1. The van der Waals surface area contributed by atoms with Crippen LogP contribution in [0.25, 0.3) is 0 Å². The Balaban J connectivity index is 2.57. The molecule has 0 atom stereocenters. The lowest BCUT2D eigenvalue weighted by molar-refractivity contribution is -0.120. The van der Waals surface area contributed by atoms with Crippen molar-refractivity contribution in [1.29, 1.82) is 0 Å². The van der Waals surface area contributed by atoms with Crippen molar-refractivity contribution in [3.63, 3.8) is 0 Å². The summed E-state index contributed by atoms with van der Waals surface area (Å²) in [5.41, 5.74) is 2.02. The van der Waals surface area contributed by atoms with Crippen LogP contribution in [-0.4, -0.2) is 19.1 Å². The summed E-state index contributed by atoms with van der Waals surface area (Å²) in [7, 11) is 0. The Bertz CT molecular complexity index is 352. The molecule has 0 spiro atoms. The molecule has 0 fully saturated rings. The third kappa shape index (κ3) is 4.17. The second-order valence-electron chi connectivity index (χ2n) is 3.15. The lowest BCUT2D eigenvalue weighted by atomic mass is 10.2. The summed E-state index contributed by atoms with van der Waals surface area (Å²) in [5, 5.41) is 2.78. The van der Waals surface area contributed by atoms with E-state index in [2.05, 4.69) is 27.9 Å². The van der Waals surface area contributed by atoms with Crippen LogP contribution in [0, 0.1) is 10.5 Å². The zero-order valence-corrected chi connectivity index (χ0v) is 11.0. The van der Waals surface area contributed by atoms with E-state index in [1.165, 1.54) is 5.56 Å². The van der Waals surface area contributed by atoms with Crippen LogP contribution in [0.2, 0.25) is 0 Å². The average molecular weight is 319 g/mol. The van der Waals surface area contributed by atoms with E-state index in [0.29, 0.717) is 6.61 Å². The topological polar surface area (TPSA) is 38.3 Å². The third-order valence-corrected chi connectivity index (χ3v) is 3.06. The predicted octanol–water partition coefficient (Wildman–Crippen LogP) is 2.57. The number of hydrogen-bond acceptors (Lipinski definition) is 2. The van der Waals surface area contributed by atoms with Crippen LogP contribution >= 0.6 is 22.6 Å². The van der Waals surface area contributed by atoms with E-state index < -0.39 is 0 Å². The summed E-state index contributed by atoms with van der Waals surface area (Å²) in [6.07, 6.45) is 0. The molecule has 4 heteroatoms. The molecule has 0 saturated carbocycles. The molecule has 1 aromatic carbocycles. The first kappa shape index (κ1) is 12.4. The molecule has 0 radical (unpaired) electrons. The van der Waals surface area contributed by atoms with Gasteiger partial charge in [0, 0.05) is 15.9 Å². The number of benzene rings is 1. The molecule has 0 bridgehead atoms. The minimum Gasteiger partial charge on any atom is -0.372 e. The number of ether oxygens (including phenoxy) is 1. The number of anilines is 1. The van der Waals surface area contributed by atoms with Crippen LogP contribution in [0.1, 0.15) is 12.5 Å². The first-order chi connectivity index (χ1) is 7.13. The largest absolute Gasteiger partial charge is 0.372 e. The Kier molecular flexibility index (Phi) is 5.04. The van der Waals surface area contributed by atoms with Gasteiger partial charge in [-0.15, -0.1) is 0 Å². The Morgan fingerprint density at radius 3 is 2.87 bits per heavy atom. The molecule has 0 heterocycles. The van der Waals surface area contributed by atoms with Crippen LogP contribution < -0.4 is 5.32 Å². The fraction of sp³-hybridized carbons (Fsp3) is 0.364. The van der Waals surface area contributed by atoms with Gasteiger partial charge < -0.3 is 10.1 Å². The van der Waals surface area contributed by atoms with E-state index in [1.807, 2.05) is 32.0 Å². The van der Waals surface area contributed by atoms with Crippen molar-refractivity contribution in [2.75, 3.05) is 18.5 Å². The molecule has 0 unspecified atom stereocenters. The number of amides is 1. The van der Waals surface area contributed by atoms with Gasteiger partial charge in [-0.3, -0.25) is 4.79 Å². The summed E-state index contributed by atoms with van der Waals surface area (Å²) < 4.78 is 6.15. The molecule has 0 saturated heterocycles. The van der Waals surface area contributed by atoms with Gasteiger partial charge in [0.15, 0.2) is 0 Å². The van der Waals surface area contributed by atoms with Crippen LogP contribution in [0.15, 0.2) is 18.2 Å². The molecule has 15 heavy (non-hydrogen) atoms. The highest BCUT2D eigenvalue weighted by atomic mass is 127. The van der Waals surface area contributed by atoms with Crippen molar-refractivity contribution in [3.05, 3.63) is 27.3 Å². The van der Waals surface area contributed by atoms with Gasteiger partial charge in [-0.25, -0.2) is 0 Å². The molecular weight excluding hydrogens is 305 g/mol. The Labute approximate surface area is 103 Å². The second kappa shape index (κ2) is 6.07. The van der Waals surface area contributed by atoms with E-state index in [1.54, 1.807) is 0 Å². The zero-order chi connectivity index (χ0) is 11.3. The quantitative estimate of drug-likeness (QED) is 0.866. The summed E-state index contributed by atoms with van der Waals surface area (Å²) in [6, 6.07) is 5.82. The minimum absolute atomic E-state index is 0.112. The van der Waals surface area contributed by atoms with Crippen LogP contribution in [0.3, 0.4) is 0 Å². The fourth-order valence-electron chi connectivity index (χ4n) is 1.06. The highest BCUT2D eigenvalue weighted by molar-refractivity contribution is 14.1. The fourth-order valence-corrected chi connectivity index (χ4v) is 1.58. The van der Waals surface area contributed by atoms with Gasteiger partial charge in [0.1, 0.15) is 6.61 Å². The molecule has 0 aromatic heterocycles. The van der Waals surface area contributed by atoms with Crippen molar-refractivity contribution >= 4 is 34.2 Å². The van der Waals surface area contributed by atoms with Crippen molar-refractivity contribution in [2.45, 2.75) is 13.8 Å². The van der Waals surface area contributed by atoms with Crippen molar-refractivity contribution < 1.29 is 9.53 Å². The van der Waals surface area contributed by atoms with E-state index in [4.69, 9.17) is 4.74 Å². The molecule has 82 valence electrons. The molecule has 1 N–H and O–H groups in total. The van der Waals surface area contributed by atoms with E-state index >= 15 is 0 Å². The standard InChI is InChI=1S/C11H14INO2/c1-3-15-7-11(14)13-9-5-4-8(2)10(12)6-9/h4-6H,3,7H2,1-2H3,(H,13,14). The average Bonchev–Trinajstić information content (AvgIpc) is 2.20. The van der Waals surface area contributed by atoms with Crippen LogP contribution in [-0.2, 0) is 9.53 Å². The summed E-state index contributed by atoms with van der Waals surface area (Å²) >= 11 is 2.24. The van der Waals surface area contributed by atoms with E-state index in [0.717, 1.165) is 9.26 Å². The molecule has 1 aromatic rings. The molecule has 0 aliphatic heterocycles. The lowest BCUT2D eigenvalue weighted by Gasteiger charge is -2.06. The second-order valence-corrected chi connectivity index (χ2v) is 4.31. The van der Waals surface area contributed by atoms with Gasteiger partial charge in [-0.05, 0) is 54.1 Å². The van der Waals surface area contributed by atoms with Crippen molar-refractivity contribution in [1.82, 2.24) is 0 Å². The zero-order valence-electron chi connectivity index (χ0n) is 8.84. The highest BCUT2D eigenvalue weighted by Crippen LogP contribution is 2.16. The summed E-state index contributed by atoms with van der Waals surface area (Å²) in [4.78, 5) is 11.3. The van der Waals surface area contributed by atoms with Crippen LogP contribution in [0.4, 0.5) is 5.69 Å². The molecular formula is C11H14INO2. The van der Waals surface area contributed by atoms with Crippen molar-refractivity contribution in [2.24, 2.45) is 0 Å². The van der Waals surface area contributed by atoms with Gasteiger partial charge in [-0.1, -0.05) is 6.07 Å². The van der Waals surface area contributed by atoms with Crippen LogP contribution in [0.5, 0.6) is 0 Å². The molecule has 0 aliphatic carbocycles. The molecule has 1 rings (SSSR count). The Hall–Kier alpha value is -0.620. The van der Waals surface area contributed by atoms with Gasteiger partial charge in [-0.2, -0.15) is 0 Å².